The van der Waals surface area contributed by atoms with Gasteiger partial charge in [0.25, 0.3) is 5.91 Å². The number of piperidine rings is 1. The van der Waals surface area contributed by atoms with Gasteiger partial charge in [-0.15, -0.1) is 21.5 Å². The zero-order valence-corrected chi connectivity index (χ0v) is 21.3. The summed E-state index contributed by atoms with van der Waals surface area (Å²) in [6, 6.07) is 6.93. The van der Waals surface area contributed by atoms with Crippen LogP contribution < -0.4 is 9.64 Å². The maximum absolute atomic E-state index is 12.9. The van der Waals surface area contributed by atoms with Crippen LogP contribution in [0, 0.1) is 0 Å². The van der Waals surface area contributed by atoms with E-state index in [1.807, 2.05) is 11.8 Å². The normalized spacial score (nSPS) is 14.1. The molecule has 0 unspecified atom stereocenters. The van der Waals surface area contributed by atoms with E-state index < -0.39 is 0 Å². The molecule has 1 aromatic carbocycles. The zero-order chi connectivity index (χ0) is 24.8. The molecule has 3 heterocycles. The third kappa shape index (κ3) is 5.91. The first kappa shape index (κ1) is 24.9. The molecule has 0 saturated carbocycles. The zero-order valence-electron chi connectivity index (χ0n) is 19.7. The summed E-state index contributed by atoms with van der Waals surface area (Å²) in [4.78, 5) is 46.0. The van der Waals surface area contributed by atoms with Crippen LogP contribution in [0.15, 0.2) is 35.2 Å². The minimum atomic E-state index is -0.180. The summed E-state index contributed by atoms with van der Waals surface area (Å²) in [6.07, 6.45) is 1.95. The molecule has 9 nitrogen and oxygen atoms in total. The van der Waals surface area contributed by atoms with Crippen molar-refractivity contribution in [1.29, 1.82) is 0 Å². The maximum Gasteiger partial charge on any atom is 0.279 e. The van der Waals surface area contributed by atoms with Crippen molar-refractivity contribution in [2.45, 2.75) is 38.5 Å². The van der Waals surface area contributed by atoms with Crippen LogP contribution in [0.5, 0.6) is 5.75 Å². The fourth-order valence-corrected chi connectivity index (χ4v) is 5.63. The van der Waals surface area contributed by atoms with Crippen molar-refractivity contribution in [2.24, 2.45) is 0 Å². The second-order valence-corrected chi connectivity index (χ2v) is 9.85. The van der Waals surface area contributed by atoms with Gasteiger partial charge in [-0.1, -0.05) is 11.3 Å². The molecule has 0 spiro atoms. The highest BCUT2D eigenvalue weighted by atomic mass is 32.1. The van der Waals surface area contributed by atoms with Crippen molar-refractivity contribution in [3.8, 4) is 5.75 Å². The lowest BCUT2D eigenvalue weighted by Gasteiger charge is -2.31. The Kier molecular flexibility index (Phi) is 8.19. The van der Waals surface area contributed by atoms with Gasteiger partial charge in [-0.05, 0) is 44.0 Å². The lowest BCUT2D eigenvalue weighted by atomic mass is 9.97. The SMILES string of the molecule is CCN(C(=O)c1csc(C2CCN(C(=O)CCC(=O)c3ccc(OC)cc3)CC2)n1)c1nncs1. The number of ketones is 1. The van der Waals surface area contributed by atoms with E-state index in [1.54, 1.807) is 47.2 Å². The van der Waals surface area contributed by atoms with Gasteiger partial charge in [0.15, 0.2) is 5.78 Å². The minimum absolute atomic E-state index is 0.00374. The number of Topliss-reactive ketones (excluding diaryl/α,β-unsaturated/α-hetero) is 1. The summed E-state index contributed by atoms with van der Waals surface area (Å²) >= 11 is 2.80. The molecule has 1 aliphatic heterocycles. The van der Waals surface area contributed by atoms with Gasteiger partial charge >= 0.3 is 0 Å². The van der Waals surface area contributed by atoms with Crippen LogP contribution in [-0.2, 0) is 4.79 Å². The Labute approximate surface area is 211 Å². The summed E-state index contributed by atoms with van der Waals surface area (Å²) in [6.45, 7) is 3.62. The van der Waals surface area contributed by atoms with E-state index in [2.05, 4.69) is 15.2 Å². The van der Waals surface area contributed by atoms with Crippen molar-refractivity contribution in [3.05, 3.63) is 51.4 Å². The summed E-state index contributed by atoms with van der Waals surface area (Å²) in [5, 5.41) is 11.1. The lowest BCUT2D eigenvalue weighted by Crippen LogP contribution is -2.38. The van der Waals surface area contributed by atoms with Crippen LogP contribution in [0.4, 0.5) is 5.13 Å². The maximum atomic E-state index is 12.9. The minimum Gasteiger partial charge on any atom is -0.497 e. The molecule has 0 atom stereocenters. The van der Waals surface area contributed by atoms with E-state index >= 15 is 0 Å². The first-order valence-corrected chi connectivity index (χ1v) is 13.2. The van der Waals surface area contributed by atoms with Gasteiger partial charge in [-0.25, -0.2) is 4.98 Å². The van der Waals surface area contributed by atoms with E-state index in [1.165, 1.54) is 22.7 Å². The Morgan fingerprint density at radius 3 is 2.49 bits per heavy atom. The Bertz CT molecular complexity index is 1160. The number of hydrogen-bond donors (Lipinski definition) is 0. The molecular weight excluding hydrogens is 486 g/mol. The van der Waals surface area contributed by atoms with E-state index in [0.717, 1.165) is 17.8 Å². The smallest absolute Gasteiger partial charge is 0.279 e. The molecular formula is C24H27N5O4S2. The second-order valence-electron chi connectivity index (χ2n) is 8.15. The number of aromatic nitrogens is 3. The van der Waals surface area contributed by atoms with Crippen molar-refractivity contribution in [2.75, 3.05) is 31.6 Å². The number of amides is 2. The van der Waals surface area contributed by atoms with Crippen LogP contribution in [0.1, 0.15) is 64.4 Å². The number of methoxy groups -OCH3 is 1. The Morgan fingerprint density at radius 2 is 1.86 bits per heavy atom. The molecule has 11 heteroatoms. The second kappa shape index (κ2) is 11.5. The molecule has 1 aliphatic rings. The lowest BCUT2D eigenvalue weighted by molar-refractivity contribution is -0.132. The number of likely N-dealkylation sites (tertiary alicyclic amines) is 1. The summed E-state index contributed by atoms with van der Waals surface area (Å²) in [7, 11) is 1.58. The van der Waals surface area contributed by atoms with Gasteiger partial charge < -0.3 is 9.64 Å². The van der Waals surface area contributed by atoms with Crippen LogP contribution in [0.25, 0.3) is 0 Å². The summed E-state index contributed by atoms with van der Waals surface area (Å²) in [5.74, 6) is 0.669. The topological polar surface area (TPSA) is 106 Å². The number of anilines is 1. The number of ether oxygens (including phenoxy) is 1. The predicted octanol–water partition coefficient (Wildman–Crippen LogP) is 4.04. The molecule has 3 aromatic rings. The van der Waals surface area contributed by atoms with Gasteiger partial charge in [0.1, 0.15) is 17.0 Å². The van der Waals surface area contributed by atoms with E-state index in [0.29, 0.717) is 41.8 Å². The van der Waals surface area contributed by atoms with Crippen LogP contribution in [-0.4, -0.2) is 64.4 Å². The van der Waals surface area contributed by atoms with Crippen LogP contribution in [0.3, 0.4) is 0 Å². The van der Waals surface area contributed by atoms with E-state index in [-0.39, 0.29) is 36.4 Å². The number of thiazole rings is 1. The van der Waals surface area contributed by atoms with Crippen molar-refractivity contribution >= 4 is 45.4 Å². The molecule has 0 bridgehead atoms. The third-order valence-corrected chi connectivity index (χ3v) is 7.78. The average Bonchev–Trinajstić information content (AvgIpc) is 3.61. The Balaban J connectivity index is 1.27. The third-order valence-electron chi connectivity index (χ3n) is 6.06. The molecule has 35 heavy (non-hydrogen) atoms. The first-order valence-electron chi connectivity index (χ1n) is 11.5. The van der Waals surface area contributed by atoms with Crippen molar-refractivity contribution in [1.82, 2.24) is 20.1 Å². The number of nitrogens with zero attached hydrogens (tertiary/aromatic N) is 5. The number of benzene rings is 1. The monoisotopic (exact) mass is 513 g/mol. The van der Waals surface area contributed by atoms with Gasteiger partial charge in [0.2, 0.25) is 11.0 Å². The molecule has 0 radical (unpaired) electrons. The van der Waals surface area contributed by atoms with Crippen LogP contribution >= 0.6 is 22.7 Å². The highest BCUT2D eigenvalue weighted by Crippen LogP contribution is 2.31. The molecule has 4 rings (SSSR count). The van der Waals surface area contributed by atoms with Gasteiger partial charge in [-0.3, -0.25) is 19.3 Å². The highest BCUT2D eigenvalue weighted by Gasteiger charge is 2.28. The van der Waals surface area contributed by atoms with E-state index in [4.69, 9.17) is 4.74 Å². The molecule has 0 aliphatic carbocycles. The van der Waals surface area contributed by atoms with E-state index in [9.17, 15) is 14.4 Å². The van der Waals surface area contributed by atoms with Crippen molar-refractivity contribution < 1.29 is 19.1 Å². The standard InChI is InChI=1S/C24H27N5O4S2/c1-3-29(24-27-25-15-35-24)23(32)19-14-34-22(26-19)17-10-12-28(13-11-17)21(31)9-8-20(30)16-4-6-18(33-2)7-5-16/h4-7,14-15,17H,3,8-13H2,1-2H3. The molecule has 0 N–H and O–H groups in total. The van der Waals surface area contributed by atoms with Gasteiger partial charge in [0, 0.05) is 49.3 Å². The van der Waals surface area contributed by atoms with Gasteiger partial charge in [0.05, 0.1) is 12.1 Å². The number of carbonyl (C=O) groups excluding carboxylic acids is 3. The molecule has 1 saturated heterocycles. The number of hydrogen-bond acceptors (Lipinski definition) is 9. The first-order chi connectivity index (χ1) is 17.0. The Hall–Kier alpha value is -3.18. The Morgan fingerprint density at radius 1 is 1.11 bits per heavy atom. The molecule has 2 amide bonds. The largest absolute Gasteiger partial charge is 0.497 e. The fraction of sp³-hybridized carbons (Fsp3) is 0.417. The van der Waals surface area contributed by atoms with Gasteiger partial charge in [-0.2, -0.15) is 0 Å². The highest BCUT2D eigenvalue weighted by molar-refractivity contribution is 7.13. The summed E-state index contributed by atoms with van der Waals surface area (Å²) in [5.41, 5.74) is 2.60. The van der Waals surface area contributed by atoms with Crippen molar-refractivity contribution in [3.63, 3.8) is 0 Å². The molecule has 1 fully saturated rings. The summed E-state index contributed by atoms with van der Waals surface area (Å²) < 4.78 is 5.11. The fourth-order valence-electron chi connectivity index (χ4n) is 4.04. The van der Waals surface area contributed by atoms with Crippen LogP contribution in [0.2, 0.25) is 0 Å². The predicted molar refractivity (Wildman–Crippen MR) is 134 cm³/mol. The average molecular weight is 514 g/mol. The number of carbonyl (C=O) groups is 3. The molecule has 184 valence electrons. The molecule has 2 aromatic heterocycles. The number of rotatable bonds is 9. The quantitative estimate of drug-likeness (QED) is 0.398.